The van der Waals surface area contributed by atoms with Gasteiger partial charge < -0.3 is 0 Å². The molecule has 3 aromatic rings. The molecule has 1 nitrogen and oxygen atoms in total. The summed E-state index contributed by atoms with van der Waals surface area (Å²) >= 11 is 3.31. The van der Waals surface area contributed by atoms with Crippen LogP contribution in [0.1, 0.15) is 22.2 Å². The van der Waals surface area contributed by atoms with Gasteiger partial charge in [-0.15, -0.1) is 22.7 Å². The third kappa shape index (κ3) is 2.47. The van der Waals surface area contributed by atoms with Gasteiger partial charge in [-0.1, -0.05) is 25.1 Å². The first-order valence-electron chi connectivity index (χ1n) is 6.54. The quantitative estimate of drug-likeness (QED) is 0.580. The zero-order chi connectivity index (χ0) is 13.9. The Morgan fingerprint density at radius 1 is 1.10 bits per heavy atom. The van der Waals surface area contributed by atoms with Crippen molar-refractivity contribution < 1.29 is 4.79 Å². The molecule has 0 aliphatic rings. The van der Waals surface area contributed by atoms with E-state index < -0.39 is 0 Å². The maximum Gasteiger partial charge on any atom is 0.160 e. The highest BCUT2D eigenvalue weighted by Gasteiger charge is 2.08. The summed E-state index contributed by atoms with van der Waals surface area (Å²) in [7, 11) is 0. The molecule has 0 unspecified atom stereocenters. The van der Waals surface area contributed by atoms with E-state index in [-0.39, 0.29) is 0 Å². The van der Waals surface area contributed by atoms with E-state index in [0.29, 0.717) is 0 Å². The normalized spacial score (nSPS) is 10.7. The number of thiophene rings is 2. The number of hydrogen-bond acceptors (Lipinski definition) is 3. The molecule has 3 rings (SSSR count). The Bertz CT molecular complexity index is 723. The Morgan fingerprint density at radius 3 is 2.65 bits per heavy atom. The lowest BCUT2D eigenvalue weighted by atomic mass is 10.00. The van der Waals surface area contributed by atoms with E-state index >= 15 is 0 Å². The van der Waals surface area contributed by atoms with Gasteiger partial charge in [0.25, 0.3) is 0 Å². The molecule has 0 N–H and O–H groups in total. The highest BCUT2D eigenvalue weighted by molar-refractivity contribution is 7.17. The molecule has 0 aliphatic heterocycles. The third-order valence-electron chi connectivity index (χ3n) is 3.30. The summed E-state index contributed by atoms with van der Waals surface area (Å²) in [6.45, 7) is 2.18. The summed E-state index contributed by atoms with van der Waals surface area (Å²) < 4.78 is 0. The van der Waals surface area contributed by atoms with Crippen LogP contribution in [-0.2, 0) is 6.42 Å². The first-order chi connectivity index (χ1) is 9.81. The fourth-order valence-electron chi connectivity index (χ4n) is 2.28. The predicted octanol–water partition coefficient (Wildman–Crippen LogP) is 5.52. The van der Waals surface area contributed by atoms with Gasteiger partial charge in [-0.25, -0.2) is 0 Å². The first kappa shape index (κ1) is 13.3. The van der Waals surface area contributed by atoms with Crippen molar-refractivity contribution in [3.8, 4) is 20.9 Å². The first-order valence-corrected chi connectivity index (χ1v) is 8.23. The van der Waals surface area contributed by atoms with Crippen LogP contribution in [0.15, 0.2) is 47.8 Å². The van der Waals surface area contributed by atoms with Crippen molar-refractivity contribution >= 4 is 29.0 Å². The molecule has 0 saturated heterocycles. The van der Waals surface area contributed by atoms with Gasteiger partial charge in [0.2, 0.25) is 0 Å². The average Bonchev–Trinajstić information content (AvgIpc) is 3.17. The number of carbonyl (C=O) groups excluding carboxylic acids is 1. The lowest BCUT2D eigenvalue weighted by Crippen LogP contribution is -1.87. The number of hydrogen-bond donors (Lipinski definition) is 0. The Morgan fingerprint density at radius 2 is 2.00 bits per heavy atom. The van der Waals surface area contributed by atoms with Crippen molar-refractivity contribution in [2.24, 2.45) is 0 Å². The monoisotopic (exact) mass is 298 g/mol. The van der Waals surface area contributed by atoms with Crippen LogP contribution < -0.4 is 0 Å². The van der Waals surface area contributed by atoms with Gasteiger partial charge in [0.05, 0.1) is 4.88 Å². The second-order valence-electron chi connectivity index (χ2n) is 4.52. The summed E-state index contributed by atoms with van der Waals surface area (Å²) in [6.07, 6.45) is 1.92. The van der Waals surface area contributed by atoms with Crippen LogP contribution in [0.5, 0.6) is 0 Å². The average molecular weight is 298 g/mol. The molecule has 20 heavy (non-hydrogen) atoms. The minimum atomic E-state index is 0.778. The topological polar surface area (TPSA) is 17.1 Å². The Balaban J connectivity index is 2.05. The van der Waals surface area contributed by atoms with Crippen molar-refractivity contribution in [2.45, 2.75) is 13.3 Å². The van der Waals surface area contributed by atoms with Crippen LogP contribution in [-0.4, -0.2) is 6.29 Å². The summed E-state index contributed by atoms with van der Waals surface area (Å²) in [4.78, 5) is 14.0. The van der Waals surface area contributed by atoms with E-state index in [1.165, 1.54) is 21.6 Å². The molecule has 0 fully saturated rings. The fourth-order valence-corrected chi connectivity index (χ4v) is 3.89. The number of carbonyl (C=O) groups is 1. The van der Waals surface area contributed by atoms with Crippen LogP contribution in [0.3, 0.4) is 0 Å². The van der Waals surface area contributed by atoms with E-state index in [1.807, 2.05) is 12.1 Å². The molecular weight excluding hydrogens is 284 g/mol. The van der Waals surface area contributed by atoms with Crippen LogP contribution in [0.25, 0.3) is 20.9 Å². The van der Waals surface area contributed by atoms with Crippen molar-refractivity contribution in [1.29, 1.82) is 0 Å². The molecule has 0 saturated carbocycles. The van der Waals surface area contributed by atoms with Crippen molar-refractivity contribution in [2.75, 3.05) is 0 Å². The summed E-state index contributed by atoms with van der Waals surface area (Å²) in [6, 6.07) is 14.7. The highest BCUT2D eigenvalue weighted by Crippen LogP contribution is 2.34. The zero-order valence-electron chi connectivity index (χ0n) is 11.1. The van der Waals surface area contributed by atoms with Gasteiger partial charge in [0.15, 0.2) is 6.29 Å². The zero-order valence-corrected chi connectivity index (χ0v) is 12.8. The van der Waals surface area contributed by atoms with E-state index in [2.05, 4.69) is 42.6 Å². The maximum absolute atomic E-state index is 10.8. The second-order valence-corrected chi connectivity index (χ2v) is 6.59. The number of rotatable bonds is 4. The number of aryl methyl sites for hydroxylation is 1. The van der Waals surface area contributed by atoms with E-state index in [4.69, 9.17) is 0 Å². The summed E-state index contributed by atoms with van der Waals surface area (Å²) in [5.74, 6) is 0. The number of aldehydes is 1. The second kappa shape index (κ2) is 5.73. The SMILES string of the molecule is CCc1cc(-c2ccc(C=O)s2)ccc1-c1cccs1. The molecule has 2 heterocycles. The Hall–Kier alpha value is -1.71. The van der Waals surface area contributed by atoms with E-state index in [0.717, 1.165) is 22.5 Å². The smallest absolute Gasteiger partial charge is 0.160 e. The van der Waals surface area contributed by atoms with Crippen LogP contribution in [0.2, 0.25) is 0 Å². The molecule has 0 radical (unpaired) electrons. The predicted molar refractivity (Wildman–Crippen MR) is 87.8 cm³/mol. The largest absolute Gasteiger partial charge is 0.297 e. The molecule has 0 aliphatic carbocycles. The molecule has 2 aromatic heterocycles. The van der Waals surface area contributed by atoms with Crippen LogP contribution in [0.4, 0.5) is 0 Å². The molecule has 100 valence electrons. The van der Waals surface area contributed by atoms with Crippen molar-refractivity contribution in [3.05, 3.63) is 58.3 Å². The Labute approximate surface area is 126 Å². The van der Waals surface area contributed by atoms with E-state index in [9.17, 15) is 4.79 Å². The standard InChI is InChI=1S/C17H14OS2/c1-2-12-10-13(16-8-6-14(11-18)20-16)5-7-15(12)17-4-3-9-19-17/h3-11H,2H2,1H3. The van der Waals surface area contributed by atoms with Crippen LogP contribution >= 0.6 is 22.7 Å². The van der Waals surface area contributed by atoms with Gasteiger partial charge in [-0.3, -0.25) is 4.79 Å². The van der Waals surface area contributed by atoms with Crippen LogP contribution in [0, 0.1) is 0 Å². The third-order valence-corrected chi connectivity index (χ3v) is 5.26. The van der Waals surface area contributed by atoms with E-state index in [1.54, 1.807) is 22.7 Å². The number of benzene rings is 1. The molecule has 1 aromatic carbocycles. The van der Waals surface area contributed by atoms with Gasteiger partial charge in [-0.2, -0.15) is 0 Å². The fraction of sp³-hybridized carbons (Fsp3) is 0.118. The summed E-state index contributed by atoms with van der Waals surface area (Å²) in [5, 5.41) is 2.11. The van der Waals surface area contributed by atoms with Crippen molar-refractivity contribution in [3.63, 3.8) is 0 Å². The van der Waals surface area contributed by atoms with Gasteiger partial charge in [0, 0.05) is 9.75 Å². The Kier molecular flexibility index (Phi) is 3.81. The molecule has 0 spiro atoms. The maximum atomic E-state index is 10.8. The van der Waals surface area contributed by atoms with Gasteiger partial charge >= 0.3 is 0 Å². The molecule has 0 bridgehead atoms. The van der Waals surface area contributed by atoms with Crippen molar-refractivity contribution in [1.82, 2.24) is 0 Å². The minimum Gasteiger partial charge on any atom is -0.297 e. The summed E-state index contributed by atoms with van der Waals surface area (Å²) in [5.41, 5.74) is 3.87. The lowest BCUT2D eigenvalue weighted by molar-refractivity contribution is 0.112. The van der Waals surface area contributed by atoms with Gasteiger partial charge in [-0.05, 0) is 52.8 Å². The molecule has 0 amide bonds. The lowest BCUT2D eigenvalue weighted by Gasteiger charge is -2.08. The highest BCUT2D eigenvalue weighted by atomic mass is 32.1. The molecule has 0 atom stereocenters. The molecule has 3 heteroatoms. The van der Waals surface area contributed by atoms with Gasteiger partial charge in [0.1, 0.15) is 0 Å². The minimum absolute atomic E-state index is 0.778. The molecular formula is C17H14OS2.